The van der Waals surface area contributed by atoms with Crippen molar-refractivity contribution in [3.8, 4) is 0 Å². The van der Waals surface area contributed by atoms with Gasteiger partial charge < -0.3 is 5.73 Å². The van der Waals surface area contributed by atoms with Crippen LogP contribution in [0.4, 0.5) is 4.39 Å². The molecular weight excluding hydrogens is 167 g/mol. The molecule has 11 heavy (non-hydrogen) atoms. The third kappa shape index (κ3) is 1.68. The largest absolute Gasteiger partial charge is 0.384 e. The van der Waals surface area contributed by atoms with Crippen LogP contribution in [0.3, 0.4) is 0 Å². The average Bonchev–Trinajstić information content (AvgIpc) is 1.85. The van der Waals surface area contributed by atoms with Crippen molar-refractivity contribution in [1.29, 1.82) is 5.41 Å². The maximum absolute atomic E-state index is 12.4. The Morgan fingerprint density at radius 3 is 2.64 bits per heavy atom. The molecule has 1 rings (SSSR count). The Morgan fingerprint density at radius 2 is 2.18 bits per heavy atom. The Kier molecular flexibility index (Phi) is 2.10. The molecule has 0 unspecified atom stereocenters. The number of nitrogens with two attached hydrogens (primary N) is 1. The predicted octanol–water partition coefficient (Wildman–Crippen LogP) is 1.76. The maximum atomic E-state index is 12.4. The highest BCUT2D eigenvalue weighted by molar-refractivity contribution is 6.33. The molecule has 0 amide bonds. The molecule has 0 spiro atoms. The molecule has 1 aromatic carbocycles. The third-order valence-corrected chi connectivity index (χ3v) is 1.53. The van der Waals surface area contributed by atoms with Gasteiger partial charge in [0.1, 0.15) is 11.7 Å². The second-order valence-corrected chi connectivity index (χ2v) is 2.45. The van der Waals surface area contributed by atoms with Gasteiger partial charge in [-0.3, -0.25) is 5.41 Å². The van der Waals surface area contributed by atoms with Crippen LogP contribution in [-0.4, -0.2) is 5.84 Å². The van der Waals surface area contributed by atoms with Crippen LogP contribution < -0.4 is 5.73 Å². The van der Waals surface area contributed by atoms with Crippen LogP contribution in [0.1, 0.15) is 5.56 Å². The van der Waals surface area contributed by atoms with Crippen molar-refractivity contribution in [2.24, 2.45) is 5.73 Å². The summed E-state index contributed by atoms with van der Waals surface area (Å²) in [5.41, 5.74) is 5.50. The minimum atomic E-state index is -0.431. The van der Waals surface area contributed by atoms with Crippen molar-refractivity contribution in [1.82, 2.24) is 0 Å². The van der Waals surface area contributed by atoms with E-state index in [9.17, 15) is 4.39 Å². The van der Waals surface area contributed by atoms with Crippen LogP contribution in [0.2, 0.25) is 5.02 Å². The van der Waals surface area contributed by atoms with Gasteiger partial charge in [0.15, 0.2) is 0 Å². The fourth-order valence-electron chi connectivity index (χ4n) is 0.708. The molecule has 0 aliphatic carbocycles. The first-order chi connectivity index (χ1) is 5.11. The van der Waals surface area contributed by atoms with Crippen molar-refractivity contribution in [3.63, 3.8) is 0 Å². The maximum Gasteiger partial charge on any atom is 0.124 e. The van der Waals surface area contributed by atoms with Gasteiger partial charge in [-0.25, -0.2) is 4.39 Å². The lowest BCUT2D eigenvalue weighted by molar-refractivity contribution is 0.628. The summed E-state index contributed by atoms with van der Waals surface area (Å²) in [7, 11) is 0. The van der Waals surface area contributed by atoms with E-state index in [-0.39, 0.29) is 10.9 Å². The van der Waals surface area contributed by atoms with E-state index in [1.807, 2.05) is 0 Å². The molecule has 0 aliphatic heterocycles. The van der Waals surface area contributed by atoms with Crippen LogP contribution >= 0.6 is 11.6 Å². The van der Waals surface area contributed by atoms with Gasteiger partial charge in [-0.1, -0.05) is 11.6 Å². The van der Waals surface area contributed by atoms with Gasteiger partial charge in [-0.2, -0.15) is 0 Å². The van der Waals surface area contributed by atoms with Crippen molar-refractivity contribution >= 4 is 17.4 Å². The van der Waals surface area contributed by atoms with E-state index in [1.54, 1.807) is 0 Å². The fourth-order valence-corrected chi connectivity index (χ4v) is 0.977. The Hall–Kier alpha value is -1.09. The van der Waals surface area contributed by atoms with E-state index in [1.165, 1.54) is 12.1 Å². The zero-order valence-electron chi connectivity index (χ0n) is 5.57. The molecule has 0 saturated carbocycles. The average molecular weight is 173 g/mol. The number of amidine groups is 1. The Bertz CT molecular complexity index is 298. The quantitative estimate of drug-likeness (QED) is 0.492. The predicted molar refractivity (Wildman–Crippen MR) is 42.4 cm³/mol. The van der Waals surface area contributed by atoms with Crippen LogP contribution in [0, 0.1) is 11.2 Å². The van der Waals surface area contributed by atoms with Gasteiger partial charge in [0, 0.05) is 5.56 Å². The summed E-state index contributed by atoms with van der Waals surface area (Å²) in [6, 6.07) is 3.71. The van der Waals surface area contributed by atoms with Crippen LogP contribution in [0.25, 0.3) is 0 Å². The van der Waals surface area contributed by atoms with E-state index >= 15 is 0 Å². The molecule has 0 aliphatic rings. The highest BCUT2D eigenvalue weighted by Crippen LogP contribution is 2.15. The summed E-state index contributed by atoms with van der Waals surface area (Å²) in [5.74, 6) is -0.588. The van der Waals surface area contributed by atoms with Crippen LogP contribution in [-0.2, 0) is 0 Å². The van der Waals surface area contributed by atoms with E-state index in [4.69, 9.17) is 22.7 Å². The number of rotatable bonds is 1. The van der Waals surface area contributed by atoms with Gasteiger partial charge in [0.2, 0.25) is 0 Å². The van der Waals surface area contributed by atoms with E-state index < -0.39 is 5.82 Å². The van der Waals surface area contributed by atoms with Gasteiger partial charge >= 0.3 is 0 Å². The molecule has 0 bridgehead atoms. The Morgan fingerprint density at radius 1 is 1.55 bits per heavy atom. The number of hydrogen-bond donors (Lipinski definition) is 2. The van der Waals surface area contributed by atoms with E-state index in [2.05, 4.69) is 0 Å². The normalized spacial score (nSPS) is 9.64. The summed E-state index contributed by atoms with van der Waals surface area (Å²) in [5, 5.41) is 7.18. The van der Waals surface area contributed by atoms with Crippen molar-refractivity contribution in [2.75, 3.05) is 0 Å². The molecule has 0 heterocycles. The van der Waals surface area contributed by atoms with Gasteiger partial charge in [-0.15, -0.1) is 0 Å². The van der Waals surface area contributed by atoms with Crippen molar-refractivity contribution in [3.05, 3.63) is 34.6 Å². The fraction of sp³-hybridized carbons (Fsp3) is 0. The molecule has 2 nitrogen and oxygen atoms in total. The highest BCUT2D eigenvalue weighted by Gasteiger charge is 2.02. The first kappa shape index (κ1) is 8.01. The lowest BCUT2D eigenvalue weighted by atomic mass is 10.2. The van der Waals surface area contributed by atoms with E-state index in [0.29, 0.717) is 5.56 Å². The van der Waals surface area contributed by atoms with Gasteiger partial charge in [0.25, 0.3) is 0 Å². The zero-order chi connectivity index (χ0) is 8.43. The summed E-state index contributed by atoms with van der Waals surface area (Å²) in [6.45, 7) is 0. The first-order valence-electron chi connectivity index (χ1n) is 2.90. The molecule has 0 radical (unpaired) electrons. The second kappa shape index (κ2) is 2.88. The lowest BCUT2D eigenvalue weighted by Gasteiger charge is -1.99. The van der Waals surface area contributed by atoms with Gasteiger partial charge in [0.05, 0.1) is 5.02 Å². The Labute approximate surface area is 68.3 Å². The number of hydrogen-bond acceptors (Lipinski definition) is 1. The van der Waals surface area contributed by atoms with Crippen molar-refractivity contribution < 1.29 is 4.39 Å². The zero-order valence-corrected chi connectivity index (χ0v) is 6.32. The number of benzene rings is 1. The monoisotopic (exact) mass is 172 g/mol. The standard InChI is InChI=1S/C7H6ClFN2/c8-6-3-4(9)1-2-5(6)7(10)11/h1-3H,(H3,10,11). The number of halogens is 2. The SMILES string of the molecule is N=C(N)c1ccc(F)cc1Cl. The summed E-state index contributed by atoms with van der Waals surface area (Å²) >= 11 is 5.56. The summed E-state index contributed by atoms with van der Waals surface area (Å²) in [4.78, 5) is 0. The van der Waals surface area contributed by atoms with Crippen molar-refractivity contribution in [2.45, 2.75) is 0 Å². The molecule has 4 heteroatoms. The van der Waals surface area contributed by atoms with Crippen LogP contribution in [0.5, 0.6) is 0 Å². The minimum Gasteiger partial charge on any atom is -0.384 e. The molecule has 58 valence electrons. The smallest absolute Gasteiger partial charge is 0.124 e. The molecule has 0 saturated heterocycles. The summed E-state index contributed by atoms with van der Waals surface area (Å²) < 4.78 is 12.4. The number of nitrogen functional groups attached to an aromatic ring is 1. The molecule has 0 fully saturated rings. The highest BCUT2D eigenvalue weighted by atomic mass is 35.5. The minimum absolute atomic E-state index is 0.157. The molecular formula is C7H6ClFN2. The molecule has 3 N–H and O–H groups in total. The van der Waals surface area contributed by atoms with E-state index in [0.717, 1.165) is 6.07 Å². The number of nitrogens with one attached hydrogen (secondary N) is 1. The molecule has 0 atom stereocenters. The molecule has 1 aromatic rings. The summed E-state index contributed by atoms with van der Waals surface area (Å²) in [6.07, 6.45) is 0. The van der Waals surface area contributed by atoms with Crippen LogP contribution in [0.15, 0.2) is 18.2 Å². The third-order valence-electron chi connectivity index (χ3n) is 1.22. The Balaban J connectivity index is 3.20. The second-order valence-electron chi connectivity index (χ2n) is 2.04. The lowest BCUT2D eigenvalue weighted by Crippen LogP contribution is -2.11. The van der Waals surface area contributed by atoms with Gasteiger partial charge in [-0.05, 0) is 18.2 Å². The first-order valence-corrected chi connectivity index (χ1v) is 3.28. The molecule has 0 aromatic heterocycles. The topological polar surface area (TPSA) is 49.9 Å².